The van der Waals surface area contributed by atoms with Crippen LogP contribution in [-0.2, 0) is 14.4 Å². The lowest BCUT2D eigenvalue weighted by Gasteiger charge is -2.47. The van der Waals surface area contributed by atoms with E-state index in [2.05, 4.69) is 5.32 Å². The van der Waals surface area contributed by atoms with Crippen LogP contribution in [0.4, 0.5) is 0 Å². The minimum Gasteiger partial charge on any atom is -0.392 e. The van der Waals surface area contributed by atoms with Gasteiger partial charge in [-0.3, -0.25) is 14.4 Å². The molecule has 0 unspecified atom stereocenters. The Balaban J connectivity index is 1.66. The highest BCUT2D eigenvalue weighted by Gasteiger charge is 2.51. The van der Waals surface area contributed by atoms with Gasteiger partial charge < -0.3 is 20.2 Å². The number of hydrogen-bond donors (Lipinski definition) is 2. The largest absolute Gasteiger partial charge is 0.392 e. The highest BCUT2D eigenvalue weighted by molar-refractivity contribution is 5.86. The number of rotatable bonds is 1. The molecule has 0 aromatic heterocycles. The van der Waals surface area contributed by atoms with E-state index in [1.165, 1.54) is 0 Å². The Hall–Kier alpha value is -1.63. The average Bonchev–Trinajstić information content (AvgIpc) is 2.59. The SMILES string of the molecule is CC(=O)N1CCC(C(=O)N2CC[C@H](O)[C@@]3(CCCNC3=O)C2)CC1. The summed E-state index contributed by atoms with van der Waals surface area (Å²) in [5.74, 6) is -0.0765. The molecule has 3 aliphatic heterocycles. The first-order chi connectivity index (χ1) is 11.4. The van der Waals surface area contributed by atoms with Gasteiger partial charge in [0.1, 0.15) is 0 Å². The molecule has 0 bridgehead atoms. The molecule has 2 N–H and O–H groups in total. The highest BCUT2D eigenvalue weighted by Crippen LogP contribution is 2.38. The van der Waals surface area contributed by atoms with Gasteiger partial charge >= 0.3 is 0 Å². The van der Waals surface area contributed by atoms with Crippen molar-refractivity contribution in [1.82, 2.24) is 15.1 Å². The van der Waals surface area contributed by atoms with E-state index < -0.39 is 11.5 Å². The molecule has 3 fully saturated rings. The second kappa shape index (κ2) is 6.70. The van der Waals surface area contributed by atoms with Crippen molar-refractivity contribution in [2.45, 2.75) is 45.1 Å². The van der Waals surface area contributed by atoms with Gasteiger partial charge in [0.25, 0.3) is 0 Å². The molecule has 2 atom stereocenters. The van der Waals surface area contributed by atoms with Crippen LogP contribution in [-0.4, -0.2) is 71.5 Å². The van der Waals surface area contributed by atoms with Crippen molar-refractivity contribution < 1.29 is 19.5 Å². The first kappa shape index (κ1) is 17.2. The van der Waals surface area contributed by atoms with Crippen molar-refractivity contribution in [3.63, 3.8) is 0 Å². The van der Waals surface area contributed by atoms with Crippen LogP contribution >= 0.6 is 0 Å². The number of aliphatic hydroxyl groups excluding tert-OH is 1. The predicted molar refractivity (Wildman–Crippen MR) is 86.9 cm³/mol. The molecule has 3 heterocycles. The van der Waals surface area contributed by atoms with Crippen LogP contribution in [0.5, 0.6) is 0 Å². The summed E-state index contributed by atoms with van der Waals surface area (Å²) in [5, 5.41) is 13.3. The number of aliphatic hydroxyl groups is 1. The fourth-order valence-corrected chi connectivity index (χ4v) is 4.33. The zero-order valence-corrected chi connectivity index (χ0v) is 14.3. The number of carbonyl (C=O) groups is 3. The summed E-state index contributed by atoms with van der Waals surface area (Å²) in [4.78, 5) is 40.2. The van der Waals surface area contributed by atoms with Crippen molar-refractivity contribution in [2.24, 2.45) is 11.3 Å². The molecule has 0 radical (unpaired) electrons. The van der Waals surface area contributed by atoms with Crippen LogP contribution in [0.25, 0.3) is 0 Å². The van der Waals surface area contributed by atoms with Crippen LogP contribution in [0.2, 0.25) is 0 Å². The van der Waals surface area contributed by atoms with E-state index in [0.29, 0.717) is 58.4 Å². The van der Waals surface area contributed by atoms with E-state index in [0.717, 1.165) is 6.42 Å². The van der Waals surface area contributed by atoms with Crippen molar-refractivity contribution >= 4 is 17.7 Å². The average molecular weight is 337 g/mol. The van der Waals surface area contributed by atoms with Gasteiger partial charge in [-0.15, -0.1) is 0 Å². The Labute approximate surface area is 142 Å². The van der Waals surface area contributed by atoms with Gasteiger partial charge in [0.05, 0.1) is 11.5 Å². The van der Waals surface area contributed by atoms with E-state index in [4.69, 9.17) is 0 Å². The third kappa shape index (κ3) is 3.01. The lowest BCUT2D eigenvalue weighted by Crippen LogP contribution is -2.62. The number of likely N-dealkylation sites (tertiary alicyclic amines) is 2. The van der Waals surface area contributed by atoms with Crippen molar-refractivity contribution in [3.05, 3.63) is 0 Å². The molecule has 3 aliphatic rings. The van der Waals surface area contributed by atoms with Crippen LogP contribution < -0.4 is 5.32 Å². The molecule has 0 aromatic rings. The lowest BCUT2D eigenvalue weighted by atomic mass is 9.71. The third-order valence-electron chi connectivity index (χ3n) is 5.92. The Morgan fingerprint density at radius 2 is 1.83 bits per heavy atom. The smallest absolute Gasteiger partial charge is 0.230 e. The van der Waals surface area contributed by atoms with Gasteiger partial charge in [0.2, 0.25) is 17.7 Å². The lowest BCUT2D eigenvalue weighted by molar-refractivity contribution is -0.157. The van der Waals surface area contributed by atoms with Crippen LogP contribution in [0.15, 0.2) is 0 Å². The summed E-state index contributed by atoms with van der Waals surface area (Å²) in [6, 6.07) is 0. The van der Waals surface area contributed by atoms with Gasteiger partial charge in [0.15, 0.2) is 0 Å². The standard InChI is InChI=1S/C17H27N3O4/c1-12(21)19-8-3-13(4-9-19)15(23)20-10-5-14(22)17(11-20)6-2-7-18-16(17)24/h13-14,22H,2-11H2,1H3,(H,18,24)/t14-,17+/m0/s1. The van der Waals surface area contributed by atoms with Gasteiger partial charge in [-0.2, -0.15) is 0 Å². The molecule has 0 saturated carbocycles. The Morgan fingerprint density at radius 3 is 2.46 bits per heavy atom. The van der Waals surface area contributed by atoms with Gasteiger partial charge in [-0.1, -0.05) is 0 Å². The summed E-state index contributed by atoms with van der Waals surface area (Å²) in [5.41, 5.74) is -0.841. The predicted octanol–water partition coefficient (Wildman–Crippen LogP) is -0.265. The Kier molecular flexibility index (Phi) is 4.80. The van der Waals surface area contributed by atoms with E-state index in [1.807, 2.05) is 0 Å². The molecule has 134 valence electrons. The fraction of sp³-hybridized carbons (Fsp3) is 0.824. The van der Waals surface area contributed by atoms with Gasteiger partial charge in [-0.25, -0.2) is 0 Å². The number of nitrogens with zero attached hydrogens (tertiary/aromatic N) is 2. The molecule has 7 heteroatoms. The number of nitrogens with one attached hydrogen (secondary N) is 1. The molecule has 24 heavy (non-hydrogen) atoms. The van der Waals surface area contributed by atoms with E-state index in [-0.39, 0.29) is 23.6 Å². The first-order valence-corrected chi connectivity index (χ1v) is 8.95. The molecule has 0 aromatic carbocycles. The summed E-state index contributed by atoms with van der Waals surface area (Å²) in [6.45, 7) is 4.25. The van der Waals surface area contributed by atoms with E-state index in [1.54, 1.807) is 16.7 Å². The summed E-state index contributed by atoms with van der Waals surface area (Å²) in [6.07, 6.45) is 2.59. The minimum absolute atomic E-state index is 0.0554. The normalized spacial score (nSPS) is 31.9. The van der Waals surface area contributed by atoms with Crippen molar-refractivity contribution in [3.8, 4) is 0 Å². The fourth-order valence-electron chi connectivity index (χ4n) is 4.33. The molecular formula is C17H27N3O4. The van der Waals surface area contributed by atoms with Crippen LogP contribution in [0.1, 0.15) is 39.0 Å². The van der Waals surface area contributed by atoms with Gasteiger partial charge in [0, 0.05) is 45.6 Å². The first-order valence-electron chi connectivity index (χ1n) is 8.95. The highest BCUT2D eigenvalue weighted by atomic mass is 16.3. The topological polar surface area (TPSA) is 90.0 Å². The Morgan fingerprint density at radius 1 is 1.17 bits per heavy atom. The Bertz CT molecular complexity index is 530. The number of hydrogen-bond acceptors (Lipinski definition) is 4. The summed E-state index contributed by atoms with van der Waals surface area (Å²) >= 11 is 0. The van der Waals surface area contributed by atoms with Crippen LogP contribution in [0, 0.1) is 11.3 Å². The second-order valence-electron chi connectivity index (χ2n) is 7.36. The monoisotopic (exact) mass is 337 g/mol. The minimum atomic E-state index is -0.841. The van der Waals surface area contributed by atoms with E-state index in [9.17, 15) is 19.5 Å². The van der Waals surface area contributed by atoms with Crippen LogP contribution in [0.3, 0.4) is 0 Å². The molecule has 3 rings (SSSR count). The summed E-state index contributed by atoms with van der Waals surface area (Å²) < 4.78 is 0. The number of piperidine rings is 3. The zero-order chi connectivity index (χ0) is 17.3. The molecule has 3 amide bonds. The third-order valence-corrected chi connectivity index (χ3v) is 5.92. The number of carbonyl (C=O) groups excluding carboxylic acids is 3. The van der Waals surface area contributed by atoms with Crippen molar-refractivity contribution in [2.75, 3.05) is 32.7 Å². The maximum atomic E-state index is 12.9. The maximum Gasteiger partial charge on any atom is 0.230 e. The molecular weight excluding hydrogens is 310 g/mol. The molecule has 1 spiro atoms. The molecule has 0 aliphatic carbocycles. The zero-order valence-electron chi connectivity index (χ0n) is 14.3. The van der Waals surface area contributed by atoms with E-state index >= 15 is 0 Å². The van der Waals surface area contributed by atoms with Gasteiger partial charge in [-0.05, 0) is 32.1 Å². The van der Waals surface area contributed by atoms with Crippen molar-refractivity contribution in [1.29, 1.82) is 0 Å². The number of amides is 3. The maximum absolute atomic E-state index is 12.9. The quantitative estimate of drug-likeness (QED) is 0.689. The molecule has 7 nitrogen and oxygen atoms in total. The molecule has 3 saturated heterocycles. The summed E-state index contributed by atoms with van der Waals surface area (Å²) in [7, 11) is 0. The second-order valence-corrected chi connectivity index (χ2v) is 7.36.